The molecular weight excluding hydrogens is 320 g/mol. The molecule has 0 spiro atoms. The summed E-state index contributed by atoms with van der Waals surface area (Å²) < 4.78 is 10.6. The normalized spacial score (nSPS) is 10.6. The van der Waals surface area contributed by atoms with E-state index in [9.17, 15) is 15.0 Å². The highest BCUT2D eigenvalue weighted by Gasteiger charge is 2.18. The smallest absolute Gasteiger partial charge is 0.343 e. The Bertz CT molecular complexity index is 513. The summed E-state index contributed by atoms with van der Waals surface area (Å²) in [5.41, 5.74) is -0.215. The zero-order valence-corrected chi connectivity index (χ0v) is 15.6. The van der Waals surface area contributed by atoms with Gasteiger partial charge in [-0.2, -0.15) is 0 Å². The van der Waals surface area contributed by atoms with Gasteiger partial charge in [0.2, 0.25) is 0 Å². The molecule has 0 fully saturated rings. The molecule has 0 atom stereocenters. The quantitative estimate of drug-likeness (QED) is 0.438. The van der Waals surface area contributed by atoms with Gasteiger partial charge in [-0.15, -0.1) is 0 Å². The van der Waals surface area contributed by atoms with Crippen molar-refractivity contribution in [3.63, 3.8) is 0 Å². The van der Waals surface area contributed by atoms with Crippen molar-refractivity contribution in [1.29, 1.82) is 0 Å². The monoisotopic (exact) mass is 352 g/mol. The summed E-state index contributed by atoms with van der Waals surface area (Å²) in [4.78, 5) is 11.3. The molecule has 1 rings (SSSR count). The number of aromatic hydroxyl groups is 1. The lowest BCUT2D eigenvalue weighted by molar-refractivity contribution is 0.0688. The maximum atomic E-state index is 11.3. The molecule has 0 saturated carbocycles. The number of methoxy groups -OCH3 is 1. The minimum absolute atomic E-state index is 0.153. The van der Waals surface area contributed by atoms with E-state index in [1.807, 2.05) is 0 Å². The van der Waals surface area contributed by atoms with E-state index in [1.165, 1.54) is 70.6 Å². The van der Waals surface area contributed by atoms with Crippen LogP contribution in [0.3, 0.4) is 0 Å². The topological polar surface area (TPSA) is 76.0 Å². The van der Waals surface area contributed by atoms with Gasteiger partial charge >= 0.3 is 5.97 Å². The molecule has 5 heteroatoms. The maximum Gasteiger partial charge on any atom is 0.343 e. The standard InChI is InChI=1S/C20H32O5/c1-3-4-5-6-7-8-9-10-11-12-13-25-18-15-16(24-2)14-17(21)19(18)20(22)23/h14-15,21H,3-13H2,1-2H3,(H,22,23). The molecule has 0 bridgehead atoms. The summed E-state index contributed by atoms with van der Waals surface area (Å²) in [6.07, 6.45) is 12.3. The fraction of sp³-hybridized carbons (Fsp3) is 0.650. The van der Waals surface area contributed by atoms with Gasteiger partial charge in [0.15, 0.2) is 0 Å². The minimum Gasteiger partial charge on any atom is -0.507 e. The number of hydrogen-bond donors (Lipinski definition) is 2. The van der Waals surface area contributed by atoms with Crippen LogP contribution in [0.2, 0.25) is 0 Å². The Morgan fingerprint density at radius 1 is 0.960 bits per heavy atom. The van der Waals surface area contributed by atoms with Gasteiger partial charge in [-0.3, -0.25) is 0 Å². The van der Waals surface area contributed by atoms with Gasteiger partial charge in [-0.25, -0.2) is 4.79 Å². The number of carboxylic acids is 1. The highest BCUT2D eigenvalue weighted by atomic mass is 16.5. The number of rotatable bonds is 14. The van der Waals surface area contributed by atoms with Crippen LogP contribution in [0.15, 0.2) is 12.1 Å². The maximum absolute atomic E-state index is 11.3. The summed E-state index contributed by atoms with van der Waals surface area (Å²) >= 11 is 0. The highest BCUT2D eigenvalue weighted by molar-refractivity contribution is 5.94. The second-order valence-corrected chi connectivity index (χ2v) is 6.36. The van der Waals surface area contributed by atoms with E-state index in [0.29, 0.717) is 12.4 Å². The first kappa shape index (κ1) is 21.1. The van der Waals surface area contributed by atoms with Gasteiger partial charge in [0, 0.05) is 12.1 Å². The van der Waals surface area contributed by atoms with Gasteiger partial charge in [0.05, 0.1) is 13.7 Å². The summed E-state index contributed by atoms with van der Waals surface area (Å²) in [6, 6.07) is 2.77. The largest absolute Gasteiger partial charge is 0.507 e. The zero-order chi connectivity index (χ0) is 18.5. The van der Waals surface area contributed by atoms with E-state index in [-0.39, 0.29) is 17.1 Å². The summed E-state index contributed by atoms with van der Waals surface area (Å²) in [6.45, 7) is 2.66. The van der Waals surface area contributed by atoms with Gasteiger partial charge < -0.3 is 19.7 Å². The van der Waals surface area contributed by atoms with Crippen molar-refractivity contribution in [1.82, 2.24) is 0 Å². The molecule has 0 radical (unpaired) electrons. The molecule has 0 unspecified atom stereocenters. The summed E-state index contributed by atoms with van der Waals surface area (Å²) in [5, 5.41) is 19.0. The predicted molar refractivity (Wildman–Crippen MR) is 99.0 cm³/mol. The van der Waals surface area contributed by atoms with Crippen LogP contribution < -0.4 is 9.47 Å². The fourth-order valence-electron chi connectivity index (χ4n) is 2.79. The molecular formula is C20H32O5. The molecule has 25 heavy (non-hydrogen) atoms. The van der Waals surface area contributed by atoms with Crippen molar-refractivity contribution in [3.05, 3.63) is 17.7 Å². The number of ether oxygens (including phenoxy) is 2. The van der Waals surface area contributed by atoms with Crippen LogP contribution in [-0.2, 0) is 0 Å². The lowest BCUT2D eigenvalue weighted by Gasteiger charge is -2.12. The zero-order valence-electron chi connectivity index (χ0n) is 15.6. The lowest BCUT2D eigenvalue weighted by atomic mass is 10.1. The Kier molecular flexibility index (Phi) is 10.5. The molecule has 1 aromatic rings. The number of aromatic carboxylic acids is 1. The van der Waals surface area contributed by atoms with Crippen LogP contribution in [0.5, 0.6) is 17.2 Å². The molecule has 2 N–H and O–H groups in total. The van der Waals surface area contributed by atoms with Crippen molar-refractivity contribution in [3.8, 4) is 17.2 Å². The Morgan fingerprint density at radius 2 is 1.52 bits per heavy atom. The molecule has 0 aliphatic rings. The van der Waals surface area contributed by atoms with Crippen molar-refractivity contribution in [2.24, 2.45) is 0 Å². The second kappa shape index (κ2) is 12.5. The molecule has 5 nitrogen and oxygen atoms in total. The van der Waals surface area contributed by atoms with E-state index in [0.717, 1.165) is 12.8 Å². The number of carboxylic acid groups (broad SMARTS) is 1. The molecule has 0 heterocycles. The molecule has 142 valence electrons. The van der Waals surface area contributed by atoms with Crippen LogP contribution in [0.4, 0.5) is 0 Å². The third-order valence-corrected chi connectivity index (χ3v) is 4.26. The van der Waals surface area contributed by atoms with Gasteiger partial charge in [-0.1, -0.05) is 64.7 Å². The Hall–Kier alpha value is -1.91. The molecule has 0 aliphatic carbocycles. The van der Waals surface area contributed by atoms with Crippen molar-refractivity contribution in [2.75, 3.05) is 13.7 Å². The Morgan fingerprint density at radius 3 is 2.04 bits per heavy atom. The summed E-state index contributed by atoms with van der Waals surface area (Å²) in [5.74, 6) is -1.02. The predicted octanol–water partition coefficient (Wildman–Crippen LogP) is 5.40. The minimum atomic E-state index is -1.21. The first-order valence-corrected chi connectivity index (χ1v) is 9.37. The third kappa shape index (κ3) is 8.14. The van der Waals surface area contributed by atoms with Gasteiger partial charge in [-0.05, 0) is 6.42 Å². The molecule has 0 saturated heterocycles. The number of carbonyl (C=O) groups is 1. The Labute approximate surface area is 151 Å². The van der Waals surface area contributed by atoms with Crippen LogP contribution in [0, 0.1) is 0 Å². The van der Waals surface area contributed by atoms with Crippen LogP contribution >= 0.6 is 0 Å². The van der Waals surface area contributed by atoms with Gasteiger partial charge in [0.1, 0.15) is 22.8 Å². The lowest BCUT2D eigenvalue weighted by Crippen LogP contribution is -2.05. The number of benzene rings is 1. The van der Waals surface area contributed by atoms with E-state index in [1.54, 1.807) is 0 Å². The van der Waals surface area contributed by atoms with Gasteiger partial charge in [0.25, 0.3) is 0 Å². The van der Waals surface area contributed by atoms with Crippen molar-refractivity contribution in [2.45, 2.75) is 71.1 Å². The average Bonchev–Trinajstić information content (AvgIpc) is 2.58. The first-order chi connectivity index (χ1) is 12.1. The molecule has 1 aromatic carbocycles. The number of hydrogen-bond acceptors (Lipinski definition) is 4. The van der Waals surface area contributed by atoms with Crippen LogP contribution in [0.1, 0.15) is 81.5 Å². The van der Waals surface area contributed by atoms with Crippen molar-refractivity contribution >= 4 is 5.97 Å². The van der Waals surface area contributed by atoms with E-state index >= 15 is 0 Å². The molecule has 0 aromatic heterocycles. The number of unbranched alkanes of at least 4 members (excludes halogenated alkanes) is 9. The molecule has 0 aliphatic heterocycles. The average molecular weight is 352 g/mol. The van der Waals surface area contributed by atoms with Crippen LogP contribution in [0.25, 0.3) is 0 Å². The van der Waals surface area contributed by atoms with E-state index in [4.69, 9.17) is 9.47 Å². The van der Waals surface area contributed by atoms with E-state index < -0.39 is 5.97 Å². The summed E-state index contributed by atoms with van der Waals surface area (Å²) in [7, 11) is 1.46. The number of phenols is 1. The first-order valence-electron chi connectivity index (χ1n) is 9.37. The Balaban J connectivity index is 2.25. The van der Waals surface area contributed by atoms with Crippen LogP contribution in [-0.4, -0.2) is 29.9 Å². The molecule has 0 amide bonds. The highest BCUT2D eigenvalue weighted by Crippen LogP contribution is 2.33. The third-order valence-electron chi connectivity index (χ3n) is 4.26. The fourth-order valence-corrected chi connectivity index (χ4v) is 2.79. The SMILES string of the molecule is CCCCCCCCCCCCOc1cc(OC)cc(O)c1C(=O)O. The van der Waals surface area contributed by atoms with Crippen molar-refractivity contribution < 1.29 is 24.5 Å². The second-order valence-electron chi connectivity index (χ2n) is 6.36. The van der Waals surface area contributed by atoms with E-state index in [2.05, 4.69) is 6.92 Å².